The topological polar surface area (TPSA) is 62.4 Å². The average Bonchev–Trinajstić information content (AvgIpc) is 2.50. The van der Waals surface area contributed by atoms with Crippen LogP contribution in [0.2, 0.25) is 5.15 Å². The van der Waals surface area contributed by atoms with Crippen LogP contribution in [0.15, 0.2) is 24.4 Å². The highest BCUT2D eigenvalue weighted by molar-refractivity contribution is 6.29. The normalized spacial score (nSPS) is 17.0. The highest BCUT2D eigenvalue weighted by Crippen LogP contribution is 2.39. The maximum absolute atomic E-state index is 14.3. The minimum absolute atomic E-state index is 0.0488. The molecule has 0 amide bonds. The summed E-state index contributed by atoms with van der Waals surface area (Å²) in [6, 6.07) is 3.45. The Hall–Kier alpha value is -2.18. The summed E-state index contributed by atoms with van der Waals surface area (Å²) in [6.07, 6.45) is 2.03. The molecule has 4 nitrogen and oxygen atoms in total. The second kappa shape index (κ2) is 6.03. The number of fused-ring (bicyclic) bond motifs is 1. The molecule has 1 aromatic heterocycles. The van der Waals surface area contributed by atoms with Gasteiger partial charge in [0.1, 0.15) is 16.8 Å². The predicted molar refractivity (Wildman–Crippen MR) is 91.5 cm³/mol. The summed E-state index contributed by atoms with van der Waals surface area (Å²) in [6.45, 7) is 3.78. The van der Waals surface area contributed by atoms with E-state index in [0.29, 0.717) is 22.5 Å². The predicted octanol–water partition coefficient (Wildman–Crippen LogP) is 3.68. The second-order valence-electron chi connectivity index (χ2n) is 5.89. The van der Waals surface area contributed by atoms with Crippen molar-refractivity contribution in [3.8, 4) is 0 Å². The van der Waals surface area contributed by atoms with Crippen molar-refractivity contribution in [1.29, 1.82) is 0 Å². The summed E-state index contributed by atoms with van der Waals surface area (Å²) in [5.74, 6) is -1.63. The Kier molecular flexibility index (Phi) is 4.19. The van der Waals surface area contributed by atoms with Crippen LogP contribution >= 0.6 is 11.6 Å². The molecule has 1 aliphatic heterocycles. The van der Waals surface area contributed by atoms with Gasteiger partial charge >= 0.3 is 0 Å². The van der Waals surface area contributed by atoms with Crippen molar-refractivity contribution in [2.24, 2.45) is 0 Å². The quantitative estimate of drug-likeness (QED) is 0.640. The van der Waals surface area contributed by atoms with Gasteiger partial charge in [0, 0.05) is 35.0 Å². The average molecular weight is 352 g/mol. The van der Waals surface area contributed by atoms with E-state index in [1.54, 1.807) is 23.2 Å². The lowest BCUT2D eigenvalue weighted by molar-refractivity contribution is 0.216. The van der Waals surface area contributed by atoms with Gasteiger partial charge in [-0.1, -0.05) is 11.6 Å². The van der Waals surface area contributed by atoms with Crippen molar-refractivity contribution in [2.75, 3.05) is 10.6 Å². The van der Waals surface area contributed by atoms with Crippen LogP contribution in [0.25, 0.3) is 11.6 Å². The van der Waals surface area contributed by atoms with Gasteiger partial charge in [-0.05, 0) is 32.1 Å². The molecule has 0 radical (unpaired) electrons. The van der Waals surface area contributed by atoms with Crippen LogP contribution in [0.3, 0.4) is 0 Å². The van der Waals surface area contributed by atoms with Gasteiger partial charge in [-0.2, -0.15) is 0 Å². The molecule has 2 heterocycles. The first-order valence-electron chi connectivity index (χ1n) is 7.38. The van der Waals surface area contributed by atoms with Crippen LogP contribution in [-0.4, -0.2) is 22.4 Å². The Morgan fingerprint density at radius 3 is 2.62 bits per heavy atom. The lowest BCUT2D eigenvalue weighted by Crippen LogP contribution is -2.43. The molecule has 1 aliphatic rings. The van der Waals surface area contributed by atoms with E-state index in [-0.39, 0.29) is 22.9 Å². The van der Waals surface area contributed by atoms with Gasteiger partial charge in [0.25, 0.3) is 0 Å². The van der Waals surface area contributed by atoms with Crippen LogP contribution in [0.5, 0.6) is 0 Å². The molecule has 2 aromatic rings. The molecular formula is C17H16ClF2N3O. The van der Waals surface area contributed by atoms with E-state index in [2.05, 4.69) is 4.98 Å². The fraction of sp³-hybridized carbons (Fsp3) is 0.235. The Labute approximate surface area is 143 Å². The lowest BCUT2D eigenvalue weighted by atomic mass is 9.94. The number of benzene rings is 1. The van der Waals surface area contributed by atoms with Crippen LogP contribution in [0, 0.1) is 11.6 Å². The molecule has 0 bridgehead atoms. The van der Waals surface area contributed by atoms with E-state index in [1.807, 2.05) is 13.8 Å². The molecule has 24 heavy (non-hydrogen) atoms. The van der Waals surface area contributed by atoms with E-state index >= 15 is 0 Å². The van der Waals surface area contributed by atoms with Crippen LogP contribution < -0.4 is 10.6 Å². The number of nitrogens with zero attached hydrogens (tertiary/aromatic N) is 2. The summed E-state index contributed by atoms with van der Waals surface area (Å²) < 4.78 is 27.7. The fourth-order valence-electron chi connectivity index (χ4n) is 2.85. The third kappa shape index (κ3) is 2.72. The van der Waals surface area contributed by atoms with Crippen molar-refractivity contribution >= 4 is 34.6 Å². The van der Waals surface area contributed by atoms with Crippen molar-refractivity contribution in [3.63, 3.8) is 0 Å². The molecule has 1 aromatic carbocycles. The van der Waals surface area contributed by atoms with E-state index in [9.17, 15) is 13.9 Å². The molecule has 0 spiro atoms. The Morgan fingerprint density at radius 1 is 1.25 bits per heavy atom. The fourth-order valence-corrected chi connectivity index (χ4v) is 3.01. The number of nitrogen functional groups attached to an aromatic ring is 1. The molecule has 0 saturated carbocycles. The zero-order valence-corrected chi connectivity index (χ0v) is 13.9. The third-order valence-corrected chi connectivity index (χ3v) is 4.17. The van der Waals surface area contributed by atoms with Crippen molar-refractivity contribution in [1.82, 2.24) is 4.98 Å². The smallest absolute Gasteiger partial charge is 0.154 e. The number of halogens is 3. The summed E-state index contributed by atoms with van der Waals surface area (Å²) in [5.41, 5.74) is 7.07. The number of aliphatic hydroxyl groups is 1. The summed E-state index contributed by atoms with van der Waals surface area (Å²) in [7, 11) is 0. The van der Waals surface area contributed by atoms with Crippen LogP contribution in [0.1, 0.15) is 25.0 Å². The van der Waals surface area contributed by atoms with Gasteiger partial charge in [-0.25, -0.2) is 13.8 Å². The van der Waals surface area contributed by atoms with Gasteiger partial charge in [-0.15, -0.1) is 0 Å². The Bertz CT molecular complexity index is 839. The molecule has 126 valence electrons. The Morgan fingerprint density at radius 2 is 1.96 bits per heavy atom. The van der Waals surface area contributed by atoms with E-state index in [4.69, 9.17) is 17.3 Å². The minimum atomic E-state index is -1.13. The number of anilines is 2. The standard InChI is InChI=1S/C17H16ClF2N3O/c1-8(2)23-15-6-16(18)22-7-9(15)3-11(17(23)24)10-4-14(21)13(20)5-12(10)19/h3-8,17,24H,21H2,1-2H3. The third-order valence-electron chi connectivity index (χ3n) is 3.96. The summed E-state index contributed by atoms with van der Waals surface area (Å²) in [4.78, 5) is 5.72. The summed E-state index contributed by atoms with van der Waals surface area (Å²) >= 11 is 5.95. The first-order valence-corrected chi connectivity index (χ1v) is 7.76. The Balaban J connectivity index is 2.22. The molecule has 1 atom stereocenters. The molecule has 1 unspecified atom stereocenters. The maximum Gasteiger partial charge on any atom is 0.154 e. The SMILES string of the molecule is CC(C)N1c2cc(Cl)ncc2C=C(c2cc(N)c(F)cc2F)C1O. The van der Waals surface area contributed by atoms with Crippen LogP contribution in [0.4, 0.5) is 20.2 Å². The highest BCUT2D eigenvalue weighted by atomic mass is 35.5. The number of aromatic nitrogens is 1. The van der Waals surface area contributed by atoms with Gasteiger partial charge in [0.05, 0.1) is 11.4 Å². The molecular weight excluding hydrogens is 336 g/mol. The van der Waals surface area contributed by atoms with E-state index in [0.717, 1.165) is 0 Å². The van der Waals surface area contributed by atoms with Gasteiger partial charge < -0.3 is 15.7 Å². The lowest BCUT2D eigenvalue weighted by Gasteiger charge is -2.39. The largest absolute Gasteiger partial charge is 0.396 e. The van der Waals surface area contributed by atoms with Crippen molar-refractivity contribution in [2.45, 2.75) is 26.1 Å². The number of nitrogens with two attached hydrogens (primary N) is 1. The number of hydrogen-bond acceptors (Lipinski definition) is 4. The first kappa shape index (κ1) is 16.7. The number of aliphatic hydroxyl groups excluding tert-OH is 1. The summed E-state index contributed by atoms with van der Waals surface area (Å²) in [5, 5.41) is 11.1. The van der Waals surface area contributed by atoms with E-state index in [1.165, 1.54) is 6.07 Å². The van der Waals surface area contributed by atoms with Gasteiger partial charge in [0.15, 0.2) is 6.23 Å². The maximum atomic E-state index is 14.3. The van der Waals surface area contributed by atoms with Gasteiger partial charge in [-0.3, -0.25) is 0 Å². The zero-order valence-electron chi connectivity index (χ0n) is 13.1. The monoisotopic (exact) mass is 351 g/mol. The zero-order chi connectivity index (χ0) is 17.6. The first-order chi connectivity index (χ1) is 11.3. The molecule has 0 fully saturated rings. The van der Waals surface area contributed by atoms with Gasteiger partial charge in [0.2, 0.25) is 0 Å². The van der Waals surface area contributed by atoms with Crippen LogP contribution in [-0.2, 0) is 0 Å². The molecule has 0 aliphatic carbocycles. The molecule has 3 rings (SSSR count). The molecule has 3 N–H and O–H groups in total. The number of pyridine rings is 1. The number of hydrogen-bond donors (Lipinski definition) is 2. The minimum Gasteiger partial charge on any atom is -0.396 e. The van der Waals surface area contributed by atoms with E-state index < -0.39 is 17.9 Å². The molecule has 7 heteroatoms. The van der Waals surface area contributed by atoms with Crippen molar-refractivity contribution < 1.29 is 13.9 Å². The number of rotatable bonds is 2. The second-order valence-corrected chi connectivity index (χ2v) is 6.28. The molecule has 0 saturated heterocycles. The highest BCUT2D eigenvalue weighted by Gasteiger charge is 2.31. The van der Waals surface area contributed by atoms with Crippen molar-refractivity contribution in [3.05, 3.63) is 52.3 Å².